The molecule has 0 atom stereocenters. The molecule has 4 heteroatoms. The molecule has 4 rings (SSSR count). The number of piperidine rings is 1. The van der Waals surface area contributed by atoms with Gasteiger partial charge in [-0.15, -0.1) is 0 Å². The second-order valence-corrected chi connectivity index (χ2v) is 8.09. The van der Waals surface area contributed by atoms with Crippen molar-refractivity contribution in [2.45, 2.75) is 39.0 Å². The number of amides is 1. The van der Waals surface area contributed by atoms with E-state index in [1.165, 1.54) is 30.4 Å². The molecule has 3 aromatic rings. The molecule has 1 N–H and O–H groups in total. The first-order chi connectivity index (χ1) is 15.3. The molecule has 0 aromatic heterocycles. The van der Waals surface area contributed by atoms with E-state index in [-0.39, 0.29) is 5.91 Å². The van der Waals surface area contributed by atoms with Crippen molar-refractivity contribution in [2.75, 3.05) is 13.1 Å². The van der Waals surface area contributed by atoms with Gasteiger partial charge in [0.05, 0.1) is 0 Å². The van der Waals surface area contributed by atoms with Crippen LogP contribution in [0.1, 0.15) is 46.3 Å². The molecule has 1 heterocycles. The molecule has 1 aliphatic heterocycles. The minimum Gasteiger partial charge on any atom is -0.489 e. The highest BCUT2D eigenvalue weighted by Crippen LogP contribution is 2.18. The number of hydrogen-bond donors (Lipinski definition) is 1. The smallest absolute Gasteiger partial charge is 0.251 e. The third-order valence-corrected chi connectivity index (χ3v) is 5.74. The molecule has 31 heavy (non-hydrogen) atoms. The fourth-order valence-electron chi connectivity index (χ4n) is 3.99. The van der Waals surface area contributed by atoms with E-state index in [0.29, 0.717) is 24.5 Å². The van der Waals surface area contributed by atoms with Crippen molar-refractivity contribution in [1.29, 1.82) is 0 Å². The summed E-state index contributed by atoms with van der Waals surface area (Å²) in [6.45, 7) is 4.29. The van der Waals surface area contributed by atoms with Crippen LogP contribution < -0.4 is 10.1 Å². The van der Waals surface area contributed by atoms with Crippen LogP contribution in [0.3, 0.4) is 0 Å². The Morgan fingerprint density at radius 1 is 0.839 bits per heavy atom. The quantitative estimate of drug-likeness (QED) is 0.552. The van der Waals surface area contributed by atoms with E-state index in [1.54, 1.807) is 6.07 Å². The third-order valence-electron chi connectivity index (χ3n) is 5.74. The number of nitrogens with one attached hydrogen (secondary N) is 1. The molecule has 1 amide bonds. The minimum atomic E-state index is -0.0852. The molecule has 1 fully saturated rings. The zero-order valence-electron chi connectivity index (χ0n) is 17.9. The molecule has 0 spiro atoms. The summed E-state index contributed by atoms with van der Waals surface area (Å²) >= 11 is 0. The normalized spacial score (nSPS) is 14.2. The van der Waals surface area contributed by atoms with Crippen molar-refractivity contribution in [3.8, 4) is 5.75 Å². The number of benzene rings is 3. The number of hydrogen-bond acceptors (Lipinski definition) is 3. The monoisotopic (exact) mass is 414 g/mol. The standard InChI is InChI=1S/C27H30N2O2/c30-27(23-14-9-15-26(18-23)31-21-22-10-3-1-4-11-22)28-19-24-12-5-6-13-25(24)20-29-16-7-2-8-17-29/h1,3-6,9-15,18H,2,7-8,16-17,19-21H2,(H,28,30). The van der Waals surface area contributed by atoms with Crippen LogP contribution in [-0.2, 0) is 19.7 Å². The first-order valence-electron chi connectivity index (χ1n) is 11.1. The van der Waals surface area contributed by atoms with Crippen LogP contribution in [0.5, 0.6) is 5.75 Å². The van der Waals surface area contributed by atoms with Gasteiger partial charge in [-0.2, -0.15) is 0 Å². The number of carbonyl (C=O) groups excluding carboxylic acids is 1. The highest BCUT2D eigenvalue weighted by molar-refractivity contribution is 5.94. The Kier molecular flexibility index (Phi) is 7.35. The summed E-state index contributed by atoms with van der Waals surface area (Å²) in [6.07, 6.45) is 3.89. The summed E-state index contributed by atoms with van der Waals surface area (Å²) in [5.41, 5.74) is 4.18. The van der Waals surface area contributed by atoms with Crippen LogP contribution in [-0.4, -0.2) is 23.9 Å². The van der Waals surface area contributed by atoms with Crippen LogP contribution in [0.15, 0.2) is 78.9 Å². The summed E-state index contributed by atoms with van der Waals surface area (Å²) in [5.74, 6) is 0.611. The van der Waals surface area contributed by atoms with Crippen molar-refractivity contribution < 1.29 is 9.53 Å². The van der Waals surface area contributed by atoms with Crippen LogP contribution in [0.2, 0.25) is 0 Å². The Balaban J connectivity index is 1.34. The van der Waals surface area contributed by atoms with Gasteiger partial charge in [-0.25, -0.2) is 0 Å². The predicted molar refractivity (Wildman–Crippen MR) is 124 cm³/mol. The summed E-state index contributed by atoms with van der Waals surface area (Å²) in [6, 6.07) is 25.8. The minimum absolute atomic E-state index is 0.0852. The largest absolute Gasteiger partial charge is 0.489 e. The zero-order valence-corrected chi connectivity index (χ0v) is 17.9. The maximum Gasteiger partial charge on any atom is 0.251 e. The maximum absolute atomic E-state index is 12.8. The number of carbonyl (C=O) groups is 1. The van der Waals surface area contributed by atoms with Crippen molar-refractivity contribution in [2.24, 2.45) is 0 Å². The number of ether oxygens (including phenoxy) is 1. The van der Waals surface area contributed by atoms with Crippen LogP contribution >= 0.6 is 0 Å². The van der Waals surface area contributed by atoms with Gasteiger partial charge in [-0.1, -0.05) is 67.1 Å². The SMILES string of the molecule is O=C(NCc1ccccc1CN1CCCCC1)c1cccc(OCc2ccccc2)c1. The third kappa shape index (κ3) is 6.19. The average molecular weight is 415 g/mol. The second-order valence-electron chi connectivity index (χ2n) is 8.09. The highest BCUT2D eigenvalue weighted by atomic mass is 16.5. The fourth-order valence-corrected chi connectivity index (χ4v) is 3.99. The number of likely N-dealkylation sites (tertiary alicyclic amines) is 1. The highest BCUT2D eigenvalue weighted by Gasteiger charge is 2.13. The summed E-state index contributed by atoms with van der Waals surface area (Å²) < 4.78 is 5.86. The van der Waals surface area contributed by atoms with Gasteiger partial charge in [0.15, 0.2) is 0 Å². The van der Waals surface area contributed by atoms with E-state index < -0.39 is 0 Å². The lowest BCUT2D eigenvalue weighted by molar-refractivity contribution is 0.0950. The molecule has 0 unspecified atom stereocenters. The van der Waals surface area contributed by atoms with E-state index in [4.69, 9.17) is 4.74 Å². The lowest BCUT2D eigenvalue weighted by atomic mass is 10.0. The first kappa shape index (κ1) is 21.1. The molecule has 3 aromatic carbocycles. The molecule has 0 radical (unpaired) electrons. The second kappa shape index (κ2) is 10.8. The molecule has 0 saturated carbocycles. The molecule has 1 saturated heterocycles. The van der Waals surface area contributed by atoms with Crippen LogP contribution in [0.4, 0.5) is 0 Å². The summed E-state index contributed by atoms with van der Waals surface area (Å²) in [4.78, 5) is 15.3. The lowest BCUT2D eigenvalue weighted by Crippen LogP contribution is -2.30. The zero-order chi connectivity index (χ0) is 21.3. The summed E-state index contributed by atoms with van der Waals surface area (Å²) in [7, 11) is 0. The Bertz CT molecular complexity index is 981. The van der Waals surface area contributed by atoms with Gasteiger partial charge in [-0.3, -0.25) is 9.69 Å². The fraction of sp³-hybridized carbons (Fsp3) is 0.296. The van der Waals surface area contributed by atoms with Crippen LogP contribution in [0, 0.1) is 0 Å². The van der Waals surface area contributed by atoms with Crippen molar-refractivity contribution in [3.63, 3.8) is 0 Å². The van der Waals surface area contributed by atoms with E-state index in [2.05, 4.69) is 28.4 Å². The Hall–Kier alpha value is -3.11. The summed E-state index contributed by atoms with van der Waals surface area (Å²) in [5, 5.41) is 3.08. The average Bonchev–Trinajstić information content (AvgIpc) is 2.83. The lowest BCUT2D eigenvalue weighted by Gasteiger charge is -2.27. The topological polar surface area (TPSA) is 41.6 Å². The Morgan fingerprint density at radius 3 is 2.39 bits per heavy atom. The molecule has 160 valence electrons. The van der Waals surface area contributed by atoms with Gasteiger partial charge < -0.3 is 10.1 Å². The molecule has 4 nitrogen and oxygen atoms in total. The van der Waals surface area contributed by atoms with Crippen molar-refractivity contribution >= 4 is 5.91 Å². The number of nitrogens with zero attached hydrogens (tertiary/aromatic N) is 1. The molecular formula is C27H30N2O2. The van der Waals surface area contributed by atoms with Gasteiger partial charge in [0.1, 0.15) is 12.4 Å². The van der Waals surface area contributed by atoms with Gasteiger partial charge in [0.2, 0.25) is 0 Å². The first-order valence-corrected chi connectivity index (χ1v) is 11.1. The molecule has 0 bridgehead atoms. The van der Waals surface area contributed by atoms with Crippen LogP contribution in [0.25, 0.3) is 0 Å². The Labute approximate surface area is 184 Å². The molecule has 1 aliphatic rings. The van der Waals surface area contributed by atoms with E-state index in [9.17, 15) is 4.79 Å². The van der Waals surface area contributed by atoms with Gasteiger partial charge in [0.25, 0.3) is 5.91 Å². The van der Waals surface area contributed by atoms with E-state index >= 15 is 0 Å². The molecule has 0 aliphatic carbocycles. The maximum atomic E-state index is 12.8. The molecular weight excluding hydrogens is 384 g/mol. The van der Waals surface area contributed by atoms with Gasteiger partial charge >= 0.3 is 0 Å². The van der Waals surface area contributed by atoms with Crippen molar-refractivity contribution in [3.05, 3.63) is 101 Å². The predicted octanol–water partition coefficient (Wildman–Crippen LogP) is 5.18. The number of rotatable bonds is 8. The Morgan fingerprint density at radius 2 is 1.58 bits per heavy atom. The van der Waals surface area contributed by atoms with E-state index in [0.717, 1.165) is 25.2 Å². The van der Waals surface area contributed by atoms with Gasteiger partial charge in [0, 0.05) is 18.7 Å². The van der Waals surface area contributed by atoms with Gasteiger partial charge in [-0.05, 0) is 60.8 Å². The van der Waals surface area contributed by atoms with Crippen molar-refractivity contribution in [1.82, 2.24) is 10.2 Å². The van der Waals surface area contributed by atoms with E-state index in [1.807, 2.05) is 54.6 Å².